The number of hydrogen-bond donors (Lipinski definition) is 1. The van der Waals surface area contributed by atoms with Crippen LogP contribution < -0.4 is 20.3 Å². The van der Waals surface area contributed by atoms with Gasteiger partial charge in [-0.3, -0.25) is 9.59 Å². The number of pyridine rings is 1. The number of ether oxygens (including phenoxy) is 2. The number of rotatable bonds is 9. The molecule has 8 nitrogen and oxygen atoms in total. The number of nitrogens with zero attached hydrogens (tertiary/aromatic N) is 3. The Hall–Kier alpha value is -4.46. The Balaban J connectivity index is 1.33. The molecule has 0 aliphatic heterocycles. The molecule has 0 saturated carbocycles. The second-order valence-electron chi connectivity index (χ2n) is 7.05. The second kappa shape index (κ2) is 10.7. The second-order valence-corrected chi connectivity index (χ2v) is 7.05. The molecule has 2 heterocycles. The number of nitrogens with one attached hydrogen (secondary N) is 1. The number of anilines is 1. The fourth-order valence-corrected chi connectivity index (χ4v) is 2.96. The molecule has 2 aromatic carbocycles. The molecule has 0 bridgehead atoms. The number of hydrogen-bond acceptors (Lipinski definition) is 6. The zero-order valence-electron chi connectivity index (χ0n) is 17.8. The Kier molecular flexibility index (Phi) is 7.07. The molecular formula is C25H22N4O4. The van der Waals surface area contributed by atoms with Crippen LogP contribution in [0.2, 0.25) is 0 Å². The van der Waals surface area contributed by atoms with Crippen LogP contribution in [0.4, 0.5) is 5.69 Å². The average Bonchev–Trinajstić information content (AvgIpc) is 2.86. The highest BCUT2D eigenvalue weighted by Gasteiger charge is 2.11. The molecule has 1 amide bonds. The summed E-state index contributed by atoms with van der Waals surface area (Å²) in [6.07, 6.45) is 1.50. The number of amides is 1. The van der Waals surface area contributed by atoms with E-state index in [2.05, 4.69) is 15.4 Å². The fourth-order valence-electron chi connectivity index (χ4n) is 2.96. The molecule has 0 aliphatic rings. The number of para-hydroxylation sites is 1. The Morgan fingerprint density at radius 1 is 0.879 bits per heavy atom. The highest BCUT2D eigenvalue weighted by atomic mass is 16.5. The number of benzene rings is 2. The van der Waals surface area contributed by atoms with Crippen molar-refractivity contribution in [1.82, 2.24) is 14.8 Å². The van der Waals surface area contributed by atoms with Crippen LogP contribution in [0.3, 0.4) is 0 Å². The van der Waals surface area contributed by atoms with Crippen LogP contribution in [0.25, 0.3) is 0 Å². The van der Waals surface area contributed by atoms with Gasteiger partial charge in [-0.05, 0) is 29.8 Å². The Morgan fingerprint density at radius 2 is 1.64 bits per heavy atom. The minimum Gasteiger partial charge on any atom is -0.492 e. The molecule has 4 rings (SSSR count). The predicted molar refractivity (Wildman–Crippen MR) is 123 cm³/mol. The van der Waals surface area contributed by atoms with E-state index in [1.54, 1.807) is 12.1 Å². The summed E-state index contributed by atoms with van der Waals surface area (Å²) in [7, 11) is 0. The van der Waals surface area contributed by atoms with Crippen LogP contribution in [-0.4, -0.2) is 27.3 Å². The number of carbonyl (C=O) groups is 1. The van der Waals surface area contributed by atoms with Gasteiger partial charge >= 0.3 is 0 Å². The van der Waals surface area contributed by atoms with E-state index in [0.717, 1.165) is 5.56 Å². The van der Waals surface area contributed by atoms with Gasteiger partial charge in [0.05, 0.1) is 18.4 Å². The lowest BCUT2D eigenvalue weighted by Crippen LogP contribution is -2.28. The summed E-state index contributed by atoms with van der Waals surface area (Å²) in [6, 6.07) is 25.1. The zero-order valence-corrected chi connectivity index (χ0v) is 17.8. The fraction of sp³-hybridized carbons (Fsp3) is 0.120. The van der Waals surface area contributed by atoms with Crippen molar-refractivity contribution in [2.24, 2.45) is 0 Å². The van der Waals surface area contributed by atoms with Gasteiger partial charge in [0.2, 0.25) is 5.88 Å². The van der Waals surface area contributed by atoms with E-state index in [-0.39, 0.29) is 24.4 Å². The van der Waals surface area contributed by atoms with Crippen molar-refractivity contribution >= 4 is 11.6 Å². The summed E-state index contributed by atoms with van der Waals surface area (Å²) < 4.78 is 12.5. The van der Waals surface area contributed by atoms with Gasteiger partial charge < -0.3 is 14.8 Å². The molecule has 0 fully saturated rings. The lowest BCUT2D eigenvalue weighted by atomic mass is 10.2. The van der Waals surface area contributed by atoms with Gasteiger partial charge in [-0.15, -0.1) is 0 Å². The molecule has 0 aliphatic carbocycles. The molecule has 0 radical (unpaired) electrons. The first-order chi connectivity index (χ1) is 16.2. The van der Waals surface area contributed by atoms with Crippen LogP contribution in [0.15, 0.2) is 95.9 Å². The first-order valence-electron chi connectivity index (χ1n) is 10.4. The van der Waals surface area contributed by atoms with Crippen molar-refractivity contribution in [2.45, 2.75) is 13.2 Å². The molecule has 166 valence electrons. The van der Waals surface area contributed by atoms with Crippen LogP contribution in [0, 0.1) is 0 Å². The summed E-state index contributed by atoms with van der Waals surface area (Å²) >= 11 is 0. The molecule has 0 unspecified atom stereocenters. The Bertz CT molecular complexity index is 1240. The van der Waals surface area contributed by atoms with E-state index in [1.807, 2.05) is 60.7 Å². The molecule has 1 N–H and O–H groups in total. The summed E-state index contributed by atoms with van der Waals surface area (Å²) in [4.78, 5) is 28.9. The lowest BCUT2D eigenvalue weighted by molar-refractivity contribution is 0.101. The molecule has 0 spiro atoms. The smallest absolute Gasteiger partial charge is 0.276 e. The number of carbonyl (C=O) groups excluding carboxylic acids is 1. The molecule has 2 aromatic heterocycles. The van der Waals surface area contributed by atoms with Crippen molar-refractivity contribution in [2.75, 3.05) is 11.9 Å². The van der Waals surface area contributed by atoms with Crippen molar-refractivity contribution in [1.29, 1.82) is 0 Å². The van der Waals surface area contributed by atoms with E-state index in [1.165, 1.54) is 23.0 Å². The highest BCUT2D eigenvalue weighted by Crippen LogP contribution is 2.14. The van der Waals surface area contributed by atoms with Crippen LogP contribution in [0.1, 0.15) is 16.1 Å². The van der Waals surface area contributed by atoms with E-state index < -0.39 is 5.91 Å². The van der Waals surface area contributed by atoms with E-state index in [9.17, 15) is 9.59 Å². The first kappa shape index (κ1) is 21.8. The third kappa shape index (κ3) is 6.27. The van der Waals surface area contributed by atoms with E-state index in [0.29, 0.717) is 23.9 Å². The molecule has 33 heavy (non-hydrogen) atoms. The van der Waals surface area contributed by atoms with Gasteiger partial charge in [-0.1, -0.05) is 48.5 Å². The maximum atomic E-state index is 12.6. The van der Waals surface area contributed by atoms with Crippen LogP contribution in [-0.2, 0) is 13.2 Å². The molecule has 8 heteroatoms. The Morgan fingerprint density at radius 3 is 2.36 bits per heavy atom. The molecule has 0 atom stereocenters. The zero-order chi connectivity index (χ0) is 22.9. The van der Waals surface area contributed by atoms with E-state index >= 15 is 0 Å². The molecule has 0 saturated heterocycles. The summed E-state index contributed by atoms with van der Waals surface area (Å²) in [6.45, 7) is 0.860. The maximum Gasteiger partial charge on any atom is 0.276 e. The maximum absolute atomic E-state index is 12.6. The van der Waals surface area contributed by atoms with Crippen molar-refractivity contribution in [3.63, 3.8) is 0 Å². The van der Waals surface area contributed by atoms with Crippen LogP contribution in [0.5, 0.6) is 11.6 Å². The van der Waals surface area contributed by atoms with Gasteiger partial charge in [0, 0.05) is 12.1 Å². The monoisotopic (exact) mass is 442 g/mol. The minimum absolute atomic E-state index is 0.110. The Labute approximate surface area is 190 Å². The van der Waals surface area contributed by atoms with Gasteiger partial charge in [-0.2, -0.15) is 5.10 Å². The normalized spacial score (nSPS) is 10.4. The predicted octanol–water partition coefficient (Wildman–Crippen LogP) is 3.55. The third-order valence-electron chi connectivity index (χ3n) is 4.64. The largest absolute Gasteiger partial charge is 0.492 e. The lowest BCUT2D eigenvalue weighted by Gasteiger charge is -2.10. The molecular weight excluding hydrogens is 420 g/mol. The molecule has 4 aromatic rings. The highest BCUT2D eigenvalue weighted by molar-refractivity contribution is 6.02. The van der Waals surface area contributed by atoms with Crippen molar-refractivity contribution in [3.8, 4) is 11.6 Å². The average molecular weight is 442 g/mol. The van der Waals surface area contributed by atoms with Gasteiger partial charge in [0.1, 0.15) is 24.7 Å². The van der Waals surface area contributed by atoms with Crippen LogP contribution >= 0.6 is 0 Å². The van der Waals surface area contributed by atoms with Crippen molar-refractivity contribution < 1.29 is 14.3 Å². The quantitative estimate of drug-likeness (QED) is 0.426. The minimum atomic E-state index is -0.451. The van der Waals surface area contributed by atoms with Gasteiger partial charge in [0.15, 0.2) is 0 Å². The SMILES string of the molecule is O=C(Nc1ccc(OCc2ccccc2)nc1)c1ccc(=O)n(CCOc2ccccc2)n1. The van der Waals surface area contributed by atoms with E-state index in [4.69, 9.17) is 9.47 Å². The first-order valence-corrected chi connectivity index (χ1v) is 10.4. The van der Waals surface area contributed by atoms with Gasteiger partial charge in [-0.25, -0.2) is 9.67 Å². The standard InChI is InChI=1S/C25H22N4O4/c30-24-14-12-22(28-29(24)15-16-32-21-9-5-2-6-10-21)25(31)27-20-11-13-23(26-17-20)33-18-19-7-3-1-4-8-19/h1-14,17H,15-16,18H2,(H,27,31). The summed E-state index contributed by atoms with van der Waals surface area (Å²) in [5.41, 5.74) is 1.31. The van der Waals surface area contributed by atoms with Crippen molar-refractivity contribution in [3.05, 3.63) is 113 Å². The summed E-state index contributed by atoms with van der Waals surface area (Å²) in [5, 5.41) is 6.87. The van der Waals surface area contributed by atoms with Gasteiger partial charge in [0.25, 0.3) is 11.5 Å². The summed E-state index contributed by atoms with van der Waals surface area (Å²) in [5.74, 6) is 0.692. The third-order valence-corrected chi connectivity index (χ3v) is 4.64. The number of aromatic nitrogens is 3. The topological polar surface area (TPSA) is 95.3 Å².